The Labute approximate surface area is 104 Å². The molecule has 0 aromatic carbocycles. The Morgan fingerprint density at radius 3 is 2.53 bits per heavy atom. The van der Waals surface area contributed by atoms with Crippen LogP contribution in [0.5, 0.6) is 0 Å². The number of likely N-dealkylation sites (tertiary alicyclic amines) is 1. The van der Waals surface area contributed by atoms with E-state index in [1.807, 2.05) is 9.80 Å². The van der Waals surface area contributed by atoms with Gasteiger partial charge in [-0.3, -0.25) is 0 Å². The summed E-state index contributed by atoms with van der Waals surface area (Å²) in [7, 11) is 0. The van der Waals surface area contributed by atoms with Crippen molar-refractivity contribution in [2.45, 2.75) is 45.1 Å². The van der Waals surface area contributed by atoms with E-state index in [4.69, 9.17) is 4.74 Å². The maximum absolute atomic E-state index is 12.5. The van der Waals surface area contributed by atoms with Crippen LogP contribution in [0.15, 0.2) is 0 Å². The summed E-state index contributed by atoms with van der Waals surface area (Å²) in [5.74, 6) is 0. The SMILES string of the molecule is CCC1COCCN1C(=O)N1CCCCCC1. The zero-order valence-electron chi connectivity index (χ0n) is 10.9. The minimum Gasteiger partial charge on any atom is -0.377 e. The van der Waals surface area contributed by atoms with Gasteiger partial charge in [-0.15, -0.1) is 0 Å². The summed E-state index contributed by atoms with van der Waals surface area (Å²) in [6.45, 7) is 6.15. The van der Waals surface area contributed by atoms with Crippen molar-refractivity contribution in [1.29, 1.82) is 0 Å². The van der Waals surface area contributed by atoms with Crippen LogP contribution in [-0.2, 0) is 4.74 Å². The number of urea groups is 1. The molecule has 1 unspecified atom stereocenters. The molecule has 2 saturated heterocycles. The van der Waals surface area contributed by atoms with E-state index in [1.54, 1.807) is 0 Å². The van der Waals surface area contributed by atoms with Crippen LogP contribution >= 0.6 is 0 Å². The minimum atomic E-state index is 0.238. The van der Waals surface area contributed by atoms with Crippen LogP contribution in [0, 0.1) is 0 Å². The summed E-state index contributed by atoms with van der Waals surface area (Å²) in [5.41, 5.74) is 0. The van der Waals surface area contributed by atoms with E-state index in [2.05, 4.69) is 6.92 Å². The Hall–Kier alpha value is -0.770. The lowest BCUT2D eigenvalue weighted by atomic mass is 10.2. The highest BCUT2D eigenvalue weighted by Crippen LogP contribution is 2.16. The van der Waals surface area contributed by atoms with Crippen molar-refractivity contribution < 1.29 is 9.53 Å². The van der Waals surface area contributed by atoms with E-state index >= 15 is 0 Å². The van der Waals surface area contributed by atoms with Gasteiger partial charge in [0.2, 0.25) is 0 Å². The van der Waals surface area contributed by atoms with E-state index < -0.39 is 0 Å². The molecule has 0 spiro atoms. The highest BCUT2D eigenvalue weighted by Gasteiger charge is 2.29. The van der Waals surface area contributed by atoms with E-state index in [0.717, 1.165) is 38.9 Å². The van der Waals surface area contributed by atoms with Gasteiger partial charge in [-0.1, -0.05) is 19.8 Å². The largest absolute Gasteiger partial charge is 0.377 e. The number of carbonyl (C=O) groups is 1. The maximum Gasteiger partial charge on any atom is 0.320 e. The molecule has 2 fully saturated rings. The number of nitrogens with zero attached hydrogens (tertiary/aromatic N) is 2. The van der Waals surface area contributed by atoms with Gasteiger partial charge in [-0.2, -0.15) is 0 Å². The lowest BCUT2D eigenvalue weighted by Crippen LogP contribution is -2.53. The summed E-state index contributed by atoms with van der Waals surface area (Å²) in [6, 6.07) is 0.515. The third-order valence-corrected chi connectivity index (χ3v) is 3.82. The Balaban J connectivity index is 1.96. The van der Waals surface area contributed by atoms with Crippen LogP contribution in [0.25, 0.3) is 0 Å². The van der Waals surface area contributed by atoms with E-state index in [0.29, 0.717) is 13.2 Å². The van der Waals surface area contributed by atoms with Crippen molar-refractivity contribution in [2.24, 2.45) is 0 Å². The summed E-state index contributed by atoms with van der Waals surface area (Å²) < 4.78 is 5.45. The van der Waals surface area contributed by atoms with Crippen LogP contribution in [0.3, 0.4) is 0 Å². The molecule has 0 N–H and O–H groups in total. The molecule has 0 aromatic heterocycles. The van der Waals surface area contributed by atoms with Gasteiger partial charge < -0.3 is 14.5 Å². The number of ether oxygens (including phenoxy) is 1. The summed E-state index contributed by atoms with van der Waals surface area (Å²) in [5, 5.41) is 0. The average Bonchev–Trinajstić information content (AvgIpc) is 2.66. The van der Waals surface area contributed by atoms with Crippen molar-refractivity contribution >= 4 is 6.03 Å². The van der Waals surface area contributed by atoms with E-state index in [1.165, 1.54) is 12.8 Å². The summed E-state index contributed by atoms with van der Waals surface area (Å²) in [4.78, 5) is 16.5. The highest BCUT2D eigenvalue weighted by molar-refractivity contribution is 5.75. The quantitative estimate of drug-likeness (QED) is 0.703. The molecular weight excluding hydrogens is 216 g/mol. The predicted octanol–water partition coefficient (Wildman–Crippen LogP) is 2.09. The van der Waals surface area contributed by atoms with Crippen molar-refractivity contribution in [3.8, 4) is 0 Å². The van der Waals surface area contributed by atoms with Crippen LogP contribution in [0.4, 0.5) is 4.79 Å². The predicted molar refractivity (Wildman–Crippen MR) is 67.0 cm³/mol. The van der Waals surface area contributed by atoms with Crippen LogP contribution in [0.2, 0.25) is 0 Å². The molecule has 4 nitrogen and oxygen atoms in total. The third-order valence-electron chi connectivity index (χ3n) is 3.82. The third kappa shape index (κ3) is 3.12. The number of carbonyl (C=O) groups excluding carboxylic acids is 1. The van der Waals surface area contributed by atoms with E-state index in [9.17, 15) is 4.79 Å². The normalized spacial score (nSPS) is 26.8. The van der Waals surface area contributed by atoms with Gasteiger partial charge in [-0.05, 0) is 19.3 Å². The zero-order valence-corrected chi connectivity index (χ0v) is 10.9. The second-order valence-corrected chi connectivity index (χ2v) is 5.01. The zero-order chi connectivity index (χ0) is 12.1. The maximum atomic E-state index is 12.5. The van der Waals surface area contributed by atoms with Gasteiger partial charge in [0, 0.05) is 19.6 Å². The minimum absolute atomic E-state index is 0.238. The average molecular weight is 240 g/mol. The Morgan fingerprint density at radius 1 is 1.18 bits per heavy atom. The molecule has 4 heteroatoms. The first-order chi connectivity index (χ1) is 8.33. The van der Waals surface area contributed by atoms with Gasteiger partial charge in [0.15, 0.2) is 0 Å². The summed E-state index contributed by atoms with van der Waals surface area (Å²) >= 11 is 0. The van der Waals surface area contributed by atoms with Crippen molar-refractivity contribution in [2.75, 3.05) is 32.8 Å². The van der Waals surface area contributed by atoms with Crippen LogP contribution in [0.1, 0.15) is 39.0 Å². The molecular formula is C13H24N2O2. The van der Waals surface area contributed by atoms with Gasteiger partial charge in [0.25, 0.3) is 0 Å². The van der Waals surface area contributed by atoms with Crippen molar-refractivity contribution in [3.05, 3.63) is 0 Å². The molecule has 1 atom stereocenters. The molecule has 2 aliphatic heterocycles. The highest BCUT2D eigenvalue weighted by atomic mass is 16.5. The Morgan fingerprint density at radius 2 is 1.88 bits per heavy atom. The first kappa shape index (κ1) is 12.7. The molecule has 0 bridgehead atoms. The fraction of sp³-hybridized carbons (Fsp3) is 0.923. The van der Waals surface area contributed by atoms with Crippen molar-refractivity contribution in [1.82, 2.24) is 9.80 Å². The van der Waals surface area contributed by atoms with Crippen LogP contribution in [-0.4, -0.2) is 54.7 Å². The van der Waals surface area contributed by atoms with Gasteiger partial charge in [0.05, 0.1) is 19.3 Å². The number of hydrogen-bond donors (Lipinski definition) is 0. The molecule has 98 valence electrons. The van der Waals surface area contributed by atoms with Gasteiger partial charge in [-0.25, -0.2) is 4.79 Å². The van der Waals surface area contributed by atoms with Crippen LogP contribution < -0.4 is 0 Å². The first-order valence-electron chi connectivity index (χ1n) is 6.96. The molecule has 2 aliphatic rings. The molecule has 17 heavy (non-hydrogen) atoms. The number of morpholine rings is 1. The number of hydrogen-bond acceptors (Lipinski definition) is 2. The summed E-state index contributed by atoms with van der Waals surface area (Å²) in [6.07, 6.45) is 5.84. The molecule has 0 radical (unpaired) electrons. The number of amides is 2. The first-order valence-corrected chi connectivity index (χ1v) is 6.96. The lowest BCUT2D eigenvalue weighted by Gasteiger charge is -2.38. The van der Waals surface area contributed by atoms with Gasteiger partial charge in [0.1, 0.15) is 0 Å². The topological polar surface area (TPSA) is 32.8 Å². The van der Waals surface area contributed by atoms with Crippen molar-refractivity contribution in [3.63, 3.8) is 0 Å². The lowest BCUT2D eigenvalue weighted by molar-refractivity contribution is 0.00308. The number of rotatable bonds is 1. The molecule has 2 heterocycles. The van der Waals surface area contributed by atoms with E-state index in [-0.39, 0.29) is 12.1 Å². The molecule has 2 rings (SSSR count). The fourth-order valence-electron chi connectivity index (χ4n) is 2.69. The smallest absolute Gasteiger partial charge is 0.320 e. The monoisotopic (exact) mass is 240 g/mol. The van der Waals surface area contributed by atoms with Gasteiger partial charge >= 0.3 is 6.03 Å². The second-order valence-electron chi connectivity index (χ2n) is 5.01. The second kappa shape index (κ2) is 6.24. The Kier molecular flexibility index (Phi) is 4.66. The Bertz CT molecular complexity index is 250. The molecule has 0 aliphatic carbocycles. The molecule has 2 amide bonds. The molecule has 0 aromatic rings. The fourth-order valence-corrected chi connectivity index (χ4v) is 2.69. The molecule has 0 saturated carbocycles. The standard InChI is InChI=1S/C13H24N2O2/c1-2-12-11-17-10-9-15(12)13(16)14-7-5-3-4-6-8-14/h12H,2-11H2,1H3.